The van der Waals surface area contributed by atoms with Crippen LogP contribution in [0.25, 0.3) is 130 Å². The van der Waals surface area contributed by atoms with Crippen molar-refractivity contribution < 1.29 is 0 Å². The second kappa shape index (κ2) is 16.8. The van der Waals surface area contributed by atoms with Gasteiger partial charge in [0.2, 0.25) is 0 Å². The molecule has 0 spiro atoms. The standard InChI is InChI=1S/C62H38N4S2/c1-3-13-39(14-4-1)41-25-31-44(32-26-41)55-59-57(51-21-7-9-23-53(51)67-59)65-61(63-55)46-35-29-43(30-36-46)47-17-11-18-48(37-47)49-19-12-20-50(38-49)56-60-58(52-22-8-10-24-54(52)68-60)66-62(64-56)45-33-27-42(28-34-45)40-15-5-2-6-16-40/h1-38H. The van der Waals surface area contributed by atoms with Crippen LogP contribution in [0.1, 0.15) is 0 Å². The van der Waals surface area contributed by atoms with Gasteiger partial charge in [-0.2, -0.15) is 0 Å². The minimum Gasteiger partial charge on any atom is -0.226 e. The Kier molecular flexibility index (Phi) is 9.85. The molecule has 68 heavy (non-hydrogen) atoms. The van der Waals surface area contributed by atoms with E-state index in [1.54, 1.807) is 22.7 Å². The maximum Gasteiger partial charge on any atom is 0.160 e. The molecule has 0 aliphatic heterocycles. The molecule has 0 unspecified atom stereocenters. The highest BCUT2D eigenvalue weighted by atomic mass is 32.1. The molecule has 0 aliphatic carbocycles. The monoisotopic (exact) mass is 902 g/mol. The molecule has 9 aromatic carbocycles. The van der Waals surface area contributed by atoms with Crippen LogP contribution < -0.4 is 0 Å². The summed E-state index contributed by atoms with van der Waals surface area (Å²) in [5, 5.41) is 2.30. The second-order valence-electron chi connectivity index (χ2n) is 17.0. The zero-order valence-electron chi connectivity index (χ0n) is 36.5. The molecule has 0 N–H and O–H groups in total. The van der Waals surface area contributed by atoms with Gasteiger partial charge < -0.3 is 0 Å². The molecule has 4 aromatic heterocycles. The molecule has 0 saturated carbocycles. The third-order valence-electron chi connectivity index (χ3n) is 12.8. The van der Waals surface area contributed by atoms with Crippen molar-refractivity contribution in [2.75, 3.05) is 0 Å². The summed E-state index contributed by atoms with van der Waals surface area (Å²) < 4.78 is 4.59. The van der Waals surface area contributed by atoms with Crippen molar-refractivity contribution in [3.05, 3.63) is 231 Å². The molecule has 6 heteroatoms. The number of nitrogens with zero attached hydrogens (tertiary/aromatic N) is 4. The Morgan fingerprint density at radius 2 is 0.559 bits per heavy atom. The van der Waals surface area contributed by atoms with Crippen molar-refractivity contribution in [2.24, 2.45) is 0 Å². The summed E-state index contributed by atoms with van der Waals surface area (Å²) in [5.74, 6) is 1.43. The highest BCUT2D eigenvalue weighted by Gasteiger charge is 2.19. The van der Waals surface area contributed by atoms with Gasteiger partial charge in [0.05, 0.1) is 31.8 Å². The first-order valence-corrected chi connectivity index (χ1v) is 24.3. The van der Waals surface area contributed by atoms with Crippen LogP contribution in [0.2, 0.25) is 0 Å². The van der Waals surface area contributed by atoms with Crippen molar-refractivity contribution in [3.63, 3.8) is 0 Å². The highest BCUT2D eigenvalue weighted by Crippen LogP contribution is 2.42. The molecular weight excluding hydrogens is 865 g/mol. The van der Waals surface area contributed by atoms with Crippen LogP contribution in [0.5, 0.6) is 0 Å². The van der Waals surface area contributed by atoms with E-state index in [2.05, 4.69) is 224 Å². The van der Waals surface area contributed by atoms with Crippen LogP contribution in [0, 0.1) is 0 Å². The van der Waals surface area contributed by atoms with Crippen LogP contribution in [0.4, 0.5) is 0 Å². The third kappa shape index (κ3) is 7.24. The maximum absolute atomic E-state index is 5.33. The summed E-state index contributed by atoms with van der Waals surface area (Å²) in [6.45, 7) is 0. The minimum absolute atomic E-state index is 0.713. The van der Waals surface area contributed by atoms with E-state index in [4.69, 9.17) is 19.9 Å². The number of hydrogen-bond donors (Lipinski definition) is 0. The van der Waals surface area contributed by atoms with Gasteiger partial charge in [0.1, 0.15) is 0 Å². The Hall–Kier alpha value is -8.42. The minimum atomic E-state index is 0.713. The Morgan fingerprint density at radius 3 is 1.04 bits per heavy atom. The molecule has 0 aliphatic rings. The highest BCUT2D eigenvalue weighted by molar-refractivity contribution is 7.26. The van der Waals surface area contributed by atoms with E-state index in [0.717, 1.165) is 92.7 Å². The Labute approximate surface area is 401 Å². The SMILES string of the molecule is c1ccc(-c2ccc(-c3nc(-c4cccc(-c5cccc(-c6ccc(-c7nc(-c8ccc(-c9ccccc9)cc8)c8sc9ccccc9c8n7)cc6)c5)c4)c4sc5ccccc5c4n3)cc2)cc1. The zero-order valence-corrected chi connectivity index (χ0v) is 38.2. The van der Waals surface area contributed by atoms with Crippen molar-refractivity contribution >= 4 is 63.3 Å². The van der Waals surface area contributed by atoms with Crippen molar-refractivity contribution in [1.82, 2.24) is 19.9 Å². The summed E-state index contributed by atoms with van der Waals surface area (Å²) >= 11 is 3.51. The van der Waals surface area contributed by atoms with Crippen LogP contribution in [0.3, 0.4) is 0 Å². The van der Waals surface area contributed by atoms with Crippen LogP contribution >= 0.6 is 22.7 Å². The van der Waals surface area contributed by atoms with Crippen molar-refractivity contribution in [2.45, 2.75) is 0 Å². The van der Waals surface area contributed by atoms with E-state index in [1.165, 1.54) is 26.1 Å². The van der Waals surface area contributed by atoms with Crippen LogP contribution in [-0.4, -0.2) is 19.9 Å². The normalized spacial score (nSPS) is 11.5. The summed E-state index contributed by atoms with van der Waals surface area (Å²) in [6, 6.07) is 81.6. The molecular formula is C62H38N4S2. The van der Waals surface area contributed by atoms with Gasteiger partial charge in [-0.15, -0.1) is 22.7 Å². The number of thiophene rings is 2. The van der Waals surface area contributed by atoms with E-state index in [9.17, 15) is 0 Å². The first-order chi connectivity index (χ1) is 33.7. The average molecular weight is 903 g/mol. The third-order valence-corrected chi connectivity index (χ3v) is 15.1. The van der Waals surface area contributed by atoms with Gasteiger partial charge in [0.25, 0.3) is 0 Å². The Morgan fingerprint density at radius 1 is 0.235 bits per heavy atom. The Balaban J connectivity index is 0.841. The summed E-state index contributed by atoms with van der Waals surface area (Å²) in [5.41, 5.74) is 17.2. The maximum atomic E-state index is 5.33. The lowest BCUT2D eigenvalue weighted by atomic mass is 9.96. The number of benzene rings is 9. The molecule has 13 rings (SSSR count). The summed E-state index contributed by atoms with van der Waals surface area (Å²) in [4.78, 5) is 21.1. The quantitative estimate of drug-likeness (QED) is 0.152. The van der Waals surface area contributed by atoms with E-state index in [1.807, 2.05) is 6.07 Å². The second-order valence-corrected chi connectivity index (χ2v) is 19.1. The number of aromatic nitrogens is 4. The van der Waals surface area contributed by atoms with Gasteiger partial charge in [-0.05, 0) is 68.8 Å². The molecule has 0 amide bonds. The van der Waals surface area contributed by atoms with Crippen molar-refractivity contribution in [1.29, 1.82) is 0 Å². The molecule has 4 heterocycles. The van der Waals surface area contributed by atoms with Crippen LogP contribution in [-0.2, 0) is 0 Å². The van der Waals surface area contributed by atoms with Gasteiger partial charge in [0, 0.05) is 42.4 Å². The smallest absolute Gasteiger partial charge is 0.160 e. The largest absolute Gasteiger partial charge is 0.226 e. The molecule has 13 aromatic rings. The predicted molar refractivity (Wildman–Crippen MR) is 287 cm³/mol. The van der Waals surface area contributed by atoms with E-state index in [-0.39, 0.29) is 0 Å². The molecule has 0 fully saturated rings. The summed E-state index contributed by atoms with van der Waals surface area (Å²) in [6.07, 6.45) is 0. The van der Waals surface area contributed by atoms with Gasteiger partial charge in [-0.25, -0.2) is 19.9 Å². The van der Waals surface area contributed by atoms with Gasteiger partial charge >= 0.3 is 0 Å². The lowest BCUT2D eigenvalue weighted by Crippen LogP contribution is -1.94. The number of rotatable bonds is 8. The fourth-order valence-corrected chi connectivity index (χ4v) is 11.6. The first-order valence-electron chi connectivity index (χ1n) is 22.7. The van der Waals surface area contributed by atoms with Crippen molar-refractivity contribution in [3.8, 4) is 89.8 Å². The molecule has 4 nitrogen and oxygen atoms in total. The predicted octanol–water partition coefficient (Wildman–Crippen LogP) is 17.3. The van der Waals surface area contributed by atoms with E-state index < -0.39 is 0 Å². The molecule has 0 radical (unpaired) electrons. The lowest BCUT2D eigenvalue weighted by molar-refractivity contribution is 1.24. The molecule has 318 valence electrons. The lowest BCUT2D eigenvalue weighted by Gasteiger charge is -2.11. The fourth-order valence-electron chi connectivity index (χ4n) is 9.26. The van der Waals surface area contributed by atoms with Gasteiger partial charge in [0.15, 0.2) is 11.6 Å². The van der Waals surface area contributed by atoms with Crippen LogP contribution in [0.15, 0.2) is 231 Å². The molecule has 0 saturated heterocycles. The topological polar surface area (TPSA) is 51.6 Å². The zero-order chi connectivity index (χ0) is 45.0. The fraction of sp³-hybridized carbons (Fsp3) is 0. The number of fused-ring (bicyclic) bond motifs is 6. The van der Waals surface area contributed by atoms with E-state index >= 15 is 0 Å². The van der Waals surface area contributed by atoms with Gasteiger partial charge in [-0.3, -0.25) is 0 Å². The first kappa shape index (κ1) is 39.9. The Bertz CT molecular complexity index is 3990. The average Bonchev–Trinajstić information content (AvgIpc) is 4.00. The van der Waals surface area contributed by atoms with Gasteiger partial charge in [-0.1, -0.05) is 206 Å². The number of hydrogen-bond acceptors (Lipinski definition) is 6. The summed E-state index contributed by atoms with van der Waals surface area (Å²) in [7, 11) is 0. The molecule has 0 bridgehead atoms. The van der Waals surface area contributed by atoms with E-state index in [0.29, 0.717) is 11.6 Å². The molecule has 0 atom stereocenters.